The molecule has 3 aromatic rings. The number of pyridine rings is 1. The maximum atomic E-state index is 13.1. The van der Waals surface area contributed by atoms with Gasteiger partial charge in [0, 0.05) is 17.7 Å². The van der Waals surface area contributed by atoms with Gasteiger partial charge in [-0.3, -0.25) is 4.18 Å². The second-order valence-electron chi connectivity index (χ2n) is 5.49. The van der Waals surface area contributed by atoms with E-state index in [1.807, 2.05) is 41.9 Å². The van der Waals surface area contributed by atoms with Gasteiger partial charge in [0.1, 0.15) is 7.05 Å². The number of rotatable bonds is 3. The summed E-state index contributed by atoms with van der Waals surface area (Å²) in [5.41, 5.74) is 2.59. The lowest BCUT2D eigenvalue weighted by molar-refractivity contribution is -0.633. The molecule has 0 N–H and O–H groups in total. The number of aryl methyl sites for hydroxylation is 1. The number of hydrogen-bond donors (Lipinski definition) is 0. The summed E-state index contributed by atoms with van der Waals surface area (Å²) < 4.78 is 68.2. The minimum atomic E-state index is -4.75. The average Bonchev–Trinajstić information content (AvgIpc) is 2.64. The third-order valence-electron chi connectivity index (χ3n) is 3.77. The molecule has 0 spiro atoms. The lowest BCUT2D eigenvalue weighted by Gasteiger charge is -2.06. The predicted molar refractivity (Wildman–Crippen MR) is 101 cm³/mol. The standard InChI is InChI=1S/C16H12ClFNO2S.CH4O4S/c1-19-15-8-7-12(22(18,20)21)9-13(15)14(17)10-16(19)11-5-3-2-4-6-11;1-5-6(2,3)4/h2-10H,1H3;1H3,(H,2,3,4)/q+1;/p-1. The van der Waals surface area contributed by atoms with Gasteiger partial charge in [-0.15, -0.1) is 3.89 Å². The maximum absolute atomic E-state index is 13.1. The second-order valence-corrected chi connectivity index (χ2v) is 8.40. The highest BCUT2D eigenvalue weighted by Gasteiger charge is 2.20. The first kappa shape index (κ1) is 22.2. The predicted octanol–water partition coefficient (Wildman–Crippen LogP) is 2.74. The van der Waals surface area contributed by atoms with E-state index < -0.39 is 25.5 Å². The third-order valence-corrected chi connectivity index (χ3v) is 5.30. The Balaban J connectivity index is 0.000000409. The van der Waals surface area contributed by atoms with Crippen molar-refractivity contribution in [3.8, 4) is 11.3 Å². The molecule has 0 radical (unpaired) electrons. The van der Waals surface area contributed by atoms with Crippen LogP contribution in [-0.4, -0.2) is 28.5 Å². The molecule has 0 bridgehead atoms. The zero-order valence-corrected chi connectivity index (χ0v) is 17.1. The van der Waals surface area contributed by atoms with Crippen molar-refractivity contribution in [2.24, 2.45) is 7.05 Å². The van der Waals surface area contributed by atoms with Crippen molar-refractivity contribution >= 4 is 43.1 Å². The van der Waals surface area contributed by atoms with Crippen LogP contribution >= 0.6 is 11.6 Å². The van der Waals surface area contributed by atoms with Crippen molar-refractivity contribution in [3.63, 3.8) is 0 Å². The molecule has 0 saturated carbocycles. The van der Waals surface area contributed by atoms with E-state index in [4.69, 9.17) is 11.6 Å². The molecule has 1 aromatic heterocycles. The minimum Gasteiger partial charge on any atom is -0.726 e. The van der Waals surface area contributed by atoms with Gasteiger partial charge in [-0.25, -0.2) is 8.42 Å². The van der Waals surface area contributed by atoms with Crippen LogP contribution in [0.4, 0.5) is 3.89 Å². The Morgan fingerprint density at radius 1 is 1.04 bits per heavy atom. The van der Waals surface area contributed by atoms with Gasteiger partial charge in [-0.1, -0.05) is 29.8 Å². The maximum Gasteiger partial charge on any atom is 0.332 e. The Morgan fingerprint density at radius 3 is 2.11 bits per heavy atom. The van der Waals surface area contributed by atoms with E-state index in [2.05, 4.69) is 4.18 Å². The van der Waals surface area contributed by atoms with E-state index in [1.165, 1.54) is 12.1 Å². The summed E-state index contributed by atoms with van der Waals surface area (Å²) in [6.07, 6.45) is 0. The molecule has 7 nitrogen and oxygen atoms in total. The first-order chi connectivity index (χ1) is 12.9. The summed E-state index contributed by atoms with van der Waals surface area (Å²) in [7, 11) is -6.51. The van der Waals surface area contributed by atoms with Gasteiger partial charge in [0.05, 0.1) is 22.4 Å². The molecule has 11 heteroatoms. The molecule has 3 rings (SSSR count). The highest BCUT2D eigenvalue weighted by Crippen LogP contribution is 2.28. The number of fused-ring (bicyclic) bond motifs is 1. The molecular weight excluding hydrogens is 433 g/mol. The minimum absolute atomic E-state index is 0.373. The lowest BCUT2D eigenvalue weighted by atomic mass is 10.1. The van der Waals surface area contributed by atoms with Crippen molar-refractivity contribution in [3.05, 3.63) is 59.6 Å². The van der Waals surface area contributed by atoms with Crippen molar-refractivity contribution in [2.75, 3.05) is 7.11 Å². The fourth-order valence-corrected chi connectivity index (χ4v) is 3.20. The normalized spacial score (nSPS) is 11.8. The second kappa shape index (κ2) is 8.50. The van der Waals surface area contributed by atoms with Gasteiger partial charge in [-0.05, 0) is 24.3 Å². The first-order valence-corrected chi connectivity index (χ1v) is 10.7. The number of benzene rings is 2. The Labute approximate surface area is 167 Å². The molecule has 28 heavy (non-hydrogen) atoms. The van der Waals surface area contributed by atoms with Gasteiger partial charge in [0.15, 0.2) is 0 Å². The number of nitrogens with zero attached hydrogens (tertiary/aromatic N) is 1. The molecule has 0 saturated heterocycles. The highest BCUT2D eigenvalue weighted by atomic mass is 35.5. The molecule has 0 atom stereocenters. The molecule has 0 fully saturated rings. The smallest absolute Gasteiger partial charge is 0.332 e. The summed E-state index contributed by atoms with van der Waals surface area (Å²) in [4.78, 5) is -0.394. The van der Waals surface area contributed by atoms with Crippen LogP contribution < -0.4 is 4.57 Å². The molecule has 0 aliphatic heterocycles. The third kappa shape index (κ3) is 5.46. The van der Waals surface area contributed by atoms with E-state index >= 15 is 0 Å². The molecule has 0 unspecified atom stereocenters. The first-order valence-electron chi connectivity index (χ1n) is 7.58. The summed E-state index contributed by atoms with van der Waals surface area (Å²) in [6, 6.07) is 15.5. The van der Waals surface area contributed by atoms with Crippen LogP contribution in [0, 0.1) is 0 Å². The zero-order chi connectivity index (χ0) is 21.1. The molecule has 0 aliphatic carbocycles. The van der Waals surface area contributed by atoms with Crippen LogP contribution in [0.25, 0.3) is 22.2 Å². The topological polar surface area (TPSA) is 104 Å². The van der Waals surface area contributed by atoms with E-state index in [0.717, 1.165) is 23.9 Å². The number of hydrogen-bond acceptors (Lipinski definition) is 6. The Hall–Kier alpha value is -2.11. The fourth-order valence-electron chi connectivity index (χ4n) is 2.46. The largest absolute Gasteiger partial charge is 0.726 e. The van der Waals surface area contributed by atoms with Crippen LogP contribution in [0.3, 0.4) is 0 Å². The average molecular weight is 448 g/mol. The fraction of sp³-hybridized carbons (Fsp3) is 0.118. The molecule has 2 aromatic carbocycles. The van der Waals surface area contributed by atoms with Crippen LogP contribution in [0.1, 0.15) is 0 Å². The van der Waals surface area contributed by atoms with Gasteiger partial charge >= 0.3 is 10.2 Å². The number of aromatic nitrogens is 1. The molecular formula is C17H15ClFNO6S2. The lowest BCUT2D eigenvalue weighted by Crippen LogP contribution is -2.32. The summed E-state index contributed by atoms with van der Waals surface area (Å²) in [5, 5.41) is 0.861. The summed E-state index contributed by atoms with van der Waals surface area (Å²) in [6.45, 7) is 0. The molecule has 0 aliphatic rings. The monoisotopic (exact) mass is 447 g/mol. The SMILES string of the molecule is COS(=O)(=O)[O-].C[n+]1c(-c2ccccc2)cc(Cl)c2cc(S(=O)(=O)F)ccc21. The van der Waals surface area contributed by atoms with Crippen molar-refractivity contribution in [2.45, 2.75) is 4.90 Å². The summed E-state index contributed by atoms with van der Waals surface area (Å²) >= 11 is 6.28. The Morgan fingerprint density at radius 2 is 1.61 bits per heavy atom. The number of halogens is 2. The van der Waals surface area contributed by atoms with E-state index in [-0.39, 0.29) is 0 Å². The van der Waals surface area contributed by atoms with Crippen LogP contribution in [0.2, 0.25) is 5.02 Å². The van der Waals surface area contributed by atoms with Crippen LogP contribution in [-0.2, 0) is 31.9 Å². The molecule has 0 amide bonds. The Bertz CT molecular complexity index is 1220. The van der Waals surface area contributed by atoms with Gasteiger partial charge in [0.25, 0.3) is 0 Å². The quantitative estimate of drug-likeness (QED) is 0.264. The molecule has 1 heterocycles. The Kier molecular flexibility index (Phi) is 6.73. The van der Waals surface area contributed by atoms with E-state index in [9.17, 15) is 25.3 Å². The van der Waals surface area contributed by atoms with Crippen molar-refractivity contribution < 1.29 is 34.0 Å². The highest BCUT2D eigenvalue weighted by molar-refractivity contribution is 7.86. The van der Waals surface area contributed by atoms with Gasteiger partial charge < -0.3 is 4.55 Å². The van der Waals surface area contributed by atoms with Gasteiger partial charge in [-0.2, -0.15) is 13.0 Å². The van der Waals surface area contributed by atoms with Crippen molar-refractivity contribution in [1.29, 1.82) is 0 Å². The summed E-state index contributed by atoms with van der Waals surface area (Å²) in [5.74, 6) is 0. The van der Waals surface area contributed by atoms with Crippen LogP contribution in [0.15, 0.2) is 59.5 Å². The van der Waals surface area contributed by atoms with Crippen LogP contribution in [0.5, 0.6) is 0 Å². The zero-order valence-electron chi connectivity index (χ0n) is 14.7. The van der Waals surface area contributed by atoms with E-state index in [1.54, 1.807) is 12.1 Å². The van der Waals surface area contributed by atoms with E-state index in [0.29, 0.717) is 10.4 Å². The van der Waals surface area contributed by atoms with Gasteiger partial charge in [0.2, 0.25) is 21.6 Å². The molecule has 150 valence electrons. The van der Waals surface area contributed by atoms with Crippen molar-refractivity contribution in [1.82, 2.24) is 0 Å².